The highest BCUT2D eigenvalue weighted by atomic mass is 16.7. The van der Waals surface area contributed by atoms with Crippen LogP contribution in [0.4, 0.5) is 0 Å². The van der Waals surface area contributed by atoms with Gasteiger partial charge in [0, 0.05) is 28.9 Å². The molecule has 256 valence electrons. The monoisotopic (exact) mass is 636 g/mol. The summed E-state index contributed by atoms with van der Waals surface area (Å²) in [6.07, 6.45) is 9.89. The molecule has 0 radical (unpaired) electrons. The summed E-state index contributed by atoms with van der Waals surface area (Å²) in [5.74, 6) is 0.508. The summed E-state index contributed by atoms with van der Waals surface area (Å²) in [4.78, 5) is 12.5. The summed E-state index contributed by atoms with van der Waals surface area (Å²) in [7, 11) is 0. The lowest BCUT2D eigenvalue weighted by Gasteiger charge is -2.57. The minimum Gasteiger partial charge on any atom is -0.504 e. The number of allylic oxidation sites excluding steroid dienone is 1. The van der Waals surface area contributed by atoms with Crippen molar-refractivity contribution in [3.63, 3.8) is 0 Å². The molecular weight excluding hydrogens is 576 g/mol. The van der Waals surface area contributed by atoms with Crippen LogP contribution in [-0.4, -0.2) is 33.7 Å². The second-order valence-electron chi connectivity index (χ2n) is 17.9. The maximum atomic E-state index is 12.5. The lowest BCUT2D eigenvalue weighted by atomic mass is 9.46. The van der Waals surface area contributed by atoms with Crippen LogP contribution in [-0.2, 0) is 19.7 Å². The average Bonchev–Trinajstić information content (AvgIpc) is 3.35. The number of phenols is 2. The Balaban J connectivity index is 1.23. The Labute approximate surface area is 277 Å². The van der Waals surface area contributed by atoms with Gasteiger partial charge in [0.2, 0.25) is 0 Å². The van der Waals surface area contributed by atoms with Gasteiger partial charge in [-0.3, -0.25) is 4.79 Å². The third-order valence-electron chi connectivity index (χ3n) is 14.2. The van der Waals surface area contributed by atoms with E-state index in [1.54, 1.807) is 0 Å². The van der Waals surface area contributed by atoms with Crippen LogP contribution in [0.1, 0.15) is 155 Å². The predicted molar refractivity (Wildman–Crippen MR) is 181 cm³/mol. The number of rotatable bonds is 7. The Kier molecular flexibility index (Phi) is 8.48. The van der Waals surface area contributed by atoms with Crippen LogP contribution in [0.5, 0.6) is 11.5 Å². The molecule has 4 fully saturated rings. The molecule has 0 amide bonds. The molecule has 6 rings (SSSR count). The molecule has 0 bridgehead atoms. The zero-order chi connectivity index (χ0) is 33.6. The quantitative estimate of drug-likeness (QED) is 0.204. The summed E-state index contributed by atoms with van der Waals surface area (Å²) in [6, 6.07) is 2.09. The number of carboxylic acids is 1. The van der Waals surface area contributed by atoms with Crippen molar-refractivity contribution in [2.75, 3.05) is 0 Å². The van der Waals surface area contributed by atoms with Crippen molar-refractivity contribution in [3.05, 3.63) is 34.9 Å². The number of ether oxygens (including phenoxy) is 2. The van der Waals surface area contributed by atoms with Gasteiger partial charge in [0.15, 0.2) is 17.8 Å². The van der Waals surface area contributed by atoms with Crippen LogP contribution < -0.4 is 0 Å². The maximum Gasteiger partial charge on any atom is 0.309 e. The Morgan fingerprint density at radius 2 is 1.70 bits per heavy atom. The smallest absolute Gasteiger partial charge is 0.309 e. The number of carbonyl (C=O) groups is 1. The number of aromatic hydroxyl groups is 2. The highest BCUT2D eigenvalue weighted by molar-refractivity contribution is 5.75. The molecule has 46 heavy (non-hydrogen) atoms. The van der Waals surface area contributed by atoms with Gasteiger partial charge in [-0.1, -0.05) is 73.5 Å². The highest BCUT2D eigenvalue weighted by Gasteiger charge is 2.62. The largest absolute Gasteiger partial charge is 0.504 e. The molecule has 4 aliphatic carbocycles. The van der Waals surface area contributed by atoms with Gasteiger partial charge in [-0.2, -0.15) is 0 Å². The van der Waals surface area contributed by atoms with Gasteiger partial charge in [-0.25, -0.2) is 0 Å². The van der Waals surface area contributed by atoms with Crippen LogP contribution in [0.15, 0.2) is 18.2 Å². The van der Waals surface area contributed by atoms with E-state index < -0.39 is 11.4 Å². The minimum absolute atomic E-state index is 0.00593. The number of benzene rings is 1. The van der Waals surface area contributed by atoms with E-state index in [0.717, 1.165) is 87.3 Å². The van der Waals surface area contributed by atoms with Crippen molar-refractivity contribution < 1.29 is 29.6 Å². The SMILES string of the molecule is C=C1CCC2C(C)(C(=O)O)CCCC2(C)C1CCC(C)CC1OC2c3cc(C(C)C)c(O)c(O)c3C3(C)CCCC(C)(C)C3C2O1. The van der Waals surface area contributed by atoms with Crippen molar-refractivity contribution in [1.29, 1.82) is 0 Å². The van der Waals surface area contributed by atoms with Crippen LogP contribution >= 0.6 is 0 Å². The first-order valence-electron chi connectivity index (χ1n) is 18.3. The fraction of sp³-hybridized carbons (Fsp3) is 0.775. The number of fused-ring (bicyclic) bond motifs is 7. The Hall–Kier alpha value is -2.05. The normalized spacial score (nSPS) is 40.5. The van der Waals surface area contributed by atoms with Gasteiger partial charge >= 0.3 is 5.97 Å². The van der Waals surface area contributed by atoms with E-state index in [1.807, 2.05) is 20.8 Å². The highest BCUT2D eigenvalue weighted by Crippen LogP contribution is 2.66. The zero-order valence-corrected chi connectivity index (χ0v) is 29.7. The van der Waals surface area contributed by atoms with Gasteiger partial charge in [-0.15, -0.1) is 0 Å². The van der Waals surface area contributed by atoms with Gasteiger partial charge in [0.25, 0.3) is 0 Å². The first kappa shape index (κ1) is 33.8. The second kappa shape index (κ2) is 11.5. The first-order valence-corrected chi connectivity index (χ1v) is 18.3. The van der Waals surface area contributed by atoms with E-state index in [9.17, 15) is 20.1 Å². The standard InChI is InChI=1S/C40H60O6/c1-22(2)25-21-26-30(32(42)31(25)41)40(9)19-10-16-37(5,6)35(40)34-33(26)45-29(46-34)20-23(3)12-14-27-24(4)13-15-28-38(27,7)17-11-18-39(28,8)36(43)44/h21-23,27-29,33-35,41-42H,4,10-20H2,1-3,5-9H3,(H,43,44). The first-order chi connectivity index (χ1) is 21.5. The summed E-state index contributed by atoms with van der Waals surface area (Å²) in [5.41, 5.74) is 2.91. The number of aliphatic carboxylic acids is 1. The van der Waals surface area contributed by atoms with Crippen molar-refractivity contribution in [1.82, 2.24) is 0 Å². The molecule has 10 atom stereocenters. The maximum absolute atomic E-state index is 12.5. The van der Waals surface area contributed by atoms with E-state index >= 15 is 0 Å². The van der Waals surface area contributed by atoms with Crippen molar-refractivity contribution >= 4 is 5.97 Å². The molecular formula is C40H60O6. The molecule has 3 N–H and O–H groups in total. The van der Waals surface area contributed by atoms with Crippen LogP contribution in [0, 0.1) is 39.9 Å². The topological polar surface area (TPSA) is 96.2 Å². The van der Waals surface area contributed by atoms with Gasteiger partial charge in [-0.05, 0) is 104 Å². The van der Waals surface area contributed by atoms with Crippen LogP contribution in [0.3, 0.4) is 0 Å². The van der Waals surface area contributed by atoms with Crippen molar-refractivity contribution in [2.24, 2.45) is 39.9 Å². The van der Waals surface area contributed by atoms with Gasteiger partial charge < -0.3 is 24.8 Å². The molecule has 3 saturated carbocycles. The fourth-order valence-corrected chi connectivity index (χ4v) is 11.9. The number of hydrogen-bond acceptors (Lipinski definition) is 5. The Morgan fingerprint density at radius 1 is 1.00 bits per heavy atom. The van der Waals surface area contributed by atoms with Gasteiger partial charge in [0.05, 0.1) is 11.5 Å². The van der Waals surface area contributed by atoms with Crippen LogP contribution in [0.2, 0.25) is 0 Å². The zero-order valence-electron chi connectivity index (χ0n) is 29.7. The molecule has 0 spiro atoms. The minimum atomic E-state index is -0.655. The summed E-state index contributed by atoms with van der Waals surface area (Å²) in [5, 5.41) is 33.0. The summed E-state index contributed by atoms with van der Waals surface area (Å²) < 4.78 is 13.8. The second-order valence-corrected chi connectivity index (χ2v) is 17.9. The molecule has 5 aliphatic rings. The Bertz CT molecular complexity index is 1380. The molecule has 1 aliphatic heterocycles. The van der Waals surface area contributed by atoms with Crippen molar-refractivity contribution in [3.8, 4) is 11.5 Å². The van der Waals surface area contributed by atoms with E-state index in [-0.39, 0.29) is 64.0 Å². The van der Waals surface area contributed by atoms with Gasteiger partial charge in [0.1, 0.15) is 6.10 Å². The summed E-state index contributed by atoms with van der Waals surface area (Å²) in [6.45, 7) is 22.2. The predicted octanol–water partition coefficient (Wildman–Crippen LogP) is 9.77. The molecule has 6 heteroatoms. The van der Waals surface area contributed by atoms with Crippen molar-refractivity contribution in [2.45, 2.75) is 156 Å². The number of hydrogen-bond donors (Lipinski definition) is 3. The number of phenolic OH excluding ortho intramolecular Hbond substituents is 2. The molecule has 6 nitrogen and oxygen atoms in total. The molecule has 1 aromatic carbocycles. The Morgan fingerprint density at radius 3 is 2.37 bits per heavy atom. The number of carboxylic acid groups (broad SMARTS) is 1. The third-order valence-corrected chi connectivity index (χ3v) is 14.2. The molecule has 0 aromatic heterocycles. The van der Waals surface area contributed by atoms with E-state index in [1.165, 1.54) is 5.57 Å². The third kappa shape index (κ3) is 5.06. The molecule has 1 saturated heterocycles. The average molecular weight is 637 g/mol. The van der Waals surface area contributed by atoms with Crippen LogP contribution in [0.25, 0.3) is 0 Å². The molecule has 1 heterocycles. The molecule has 1 aromatic rings. The van der Waals surface area contributed by atoms with E-state index in [2.05, 4.69) is 47.3 Å². The lowest BCUT2D eigenvalue weighted by Crippen LogP contribution is -2.55. The van der Waals surface area contributed by atoms with E-state index in [0.29, 0.717) is 11.8 Å². The lowest BCUT2D eigenvalue weighted by molar-refractivity contribution is -0.164. The summed E-state index contributed by atoms with van der Waals surface area (Å²) >= 11 is 0. The fourth-order valence-electron chi connectivity index (χ4n) is 11.9. The van der Waals surface area contributed by atoms with E-state index in [4.69, 9.17) is 9.47 Å². The molecule has 10 unspecified atom stereocenters.